The van der Waals surface area contributed by atoms with E-state index < -0.39 is 10.2 Å². The van der Waals surface area contributed by atoms with Crippen LogP contribution >= 0.6 is 0 Å². The molecule has 110 valence electrons. The quantitative estimate of drug-likeness (QED) is 0.831. The number of nitrogens with one attached hydrogen (secondary N) is 1. The molecular formula is C13H19N3O3S. The number of carbonyl (C=O) groups excluding carboxylic acids is 1. The van der Waals surface area contributed by atoms with Gasteiger partial charge in [0.15, 0.2) is 0 Å². The van der Waals surface area contributed by atoms with Gasteiger partial charge in [-0.1, -0.05) is 18.2 Å². The van der Waals surface area contributed by atoms with E-state index in [1.165, 1.54) is 4.31 Å². The van der Waals surface area contributed by atoms with Crippen molar-refractivity contribution in [2.24, 2.45) is 11.7 Å². The minimum absolute atomic E-state index is 0.0121. The molecule has 1 aliphatic rings. The van der Waals surface area contributed by atoms with E-state index in [1.807, 2.05) is 6.07 Å². The highest BCUT2D eigenvalue weighted by molar-refractivity contribution is 7.90. The lowest BCUT2D eigenvalue weighted by Crippen LogP contribution is -2.43. The summed E-state index contributed by atoms with van der Waals surface area (Å²) in [4.78, 5) is 11.5. The molecule has 6 nitrogen and oxygen atoms in total. The van der Waals surface area contributed by atoms with Gasteiger partial charge in [-0.05, 0) is 25.0 Å². The first-order chi connectivity index (χ1) is 9.53. The number of piperidine rings is 1. The van der Waals surface area contributed by atoms with Crippen molar-refractivity contribution in [3.63, 3.8) is 0 Å². The minimum atomic E-state index is -3.55. The normalized spacial score (nSPS) is 17.9. The van der Waals surface area contributed by atoms with Gasteiger partial charge in [-0.2, -0.15) is 12.7 Å². The summed E-state index contributed by atoms with van der Waals surface area (Å²) < 4.78 is 28.3. The van der Waals surface area contributed by atoms with Crippen LogP contribution in [0.5, 0.6) is 0 Å². The fourth-order valence-corrected chi connectivity index (χ4v) is 3.56. The van der Waals surface area contributed by atoms with Crippen molar-refractivity contribution < 1.29 is 13.2 Å². The van der Waals surface area contributed by atoms with Crippen LogP contribution in [0.15, 0.2) is 30.3 Å². The van der Waals surface area contributed by atoms with Gasteiger partial charge in [0.1, 0.15) is 5.78 Å². The van der Waals surface area contributed by atoms with Gasteiger partial charge in [0.05, 0.1) is 6.54 Å². The molecule has 0 aliphatic carbocycles. The van der Waals surface area contributed by atoms with Crippen LogP contribution in [0.1, 0.15) is 12.8 Å². The second-order valence-electron chi connectivity index (χ2n) is 4.82. The molecule has 0 bridgehead atoms. The number of nitrogens with two attached hydrogens (primary N) is 1. The molecule has 0 radical (unpaired) electrons. The fraction of sp³-hybridized carbons (Fsp3) is 0.462. The Morgan fingerprint density at radius 3 is 2.40 bits per heavy atom. The number of para-hydroxylation sites is 1. The summed E-state index contributed by atoms with van der Waals surface area (Å²) in [6, 6.07) is 8.75. The molecule has 0 spiro atoms. The average molecular weight is 297 g/mol. The third kappa shape index (κ3) is 3.56. The Morgan fingerprint density at radius 2 is 1.85 bits per heavy atom. The van der Waals surface area contributed by atoms with Crippen LogP contribution in [0.2, 0.25) is 0 Å². The first kappa shape index (κ1) is 15.0. The first-order valence-electron chi connectivity index (χ1n) is 6.58. The summed E-state index contributed by atoms with van der Waals surface area (Å²) in [5.41, 5.74) is 5.87. The summed E-state index contributed by atoms with van der Waals surface area (Å²) in [5.74, 6) is -0.0961. The predicted molar refractivity (Wildman–Crippen MR) is 77.3 cm³/mol. The molecule has 1 aromatic carbocycles. The molecule has 1 aliphatic heterocycles. The molecule has 1 heterocycles. The summed E-state index contributed by atoms with van der Waals surface area (Å²) in [5, 5.41) is 0. The topological polar surface area (TPSA) is 92.5 Å². The molecule has 0 amide bonds. The smallest absolute Gasteiger partial charge is 0.301 e. The number of rotatable bonds is 5. The standard InChI is InChI=1S/C13H19N3O3S/c14-10-13(17)11-6-8-16(9-7-11)20(18,19)15-12-4-2-1-3-5-12/h1-5,11,15H,6-10,14H2. The highest BCUT2D eigenvalue weighted by atomic mass is 32.2. The average Bonchev–Trinajstić information content (AvgIpc) is 2.47. The lowest BCUT2D eigenvalue weighted by molar-refractivity contribution is -0.122. The maximum absolute atomic E-state index is 12.2. The second-order valence-corrected chi connectivity index (χ2v) is 6.49. The zero-order chi connectivity index (χ0) is 14.6. The molecule has 7 heteroatoms. The van der Waals surface area contributed by atoms with E-state index in [2.05, 4.69) is 4.72 Å². The lowest BCUT2D eigenvalue weighted by atomic mass is 9.94. The van der Waals surface area contributed by atoms with Gasteiger partial charge in [0.2, 0.25) is 0 Å². The van der Waals surface area contributed by atoms with Gasteiger partial charge in [0.25, 0.3) is 0 Å². The highest BCUT2D eigenvalue weighted by Gasteiger charge is 2.30. The Labute approximate surface area is 119 Å². The Kier molecular flexibility index (Phi) is 4.74. The molecule has 0 atom stereocenters. The lowest BCUT2D eigenvalue weighted by Gasteiger charge is -2.30. The van der Waals surface area contributed by atoms with Crippen LogP contribution in [0.25, 0.3) is 0 Å². The second kappa shape index (κ2) is 6.34. The van der Waals surface area contributed by atoms with Gasteiger partial charge < -0.3 is 5.73 Å². The SMILES string of the molecule is NCC(=O)C1CCN(S(=O)(=O)Nc2ccccc2)CC1. The van der Waals surface area contributed by atoms with E-state index in [4.69, 9.17) is 5.73 Å². The van der Waals surface area contributed by atoms with E-state index >= 15 is 0 Å². The van der Waals surface area contributed by atoms with Crippen LogP contribution in [0, 0.1) is 5.92 Å². The number of Topliss-reactive ketones (excluding diaryl/α,β-unsaturated/α-hetero) is 1. The van der Waals surface area contributed by atoms with Crippen LogP contribution in [0.4, 0.5) is 5.69 Å². The van der Waals surface area contributed by atoms with E-state index in [9.17, 15) is 13.2 Å². The molecular weight excluding hydrogens is 278 g/mol. The van der Waals surface area contributed by atoms with Crippen molar-refractivity contribution in [1.82, 2.24) is 4.31 Å². The number of ketones is 1. The fourth-order valence-electron chi connectivity index (χ4n) is 2.30. The van der Waals surface area contributed by atoms with Gasteiger partial charge in [0, 0.05) is 24.7 Å². The Hall–Kier alpha value is -1.44. The van der Waals surface area contributed by atoms with Crippen molar-refractivity contribution in [3.8, 4) is 0 Å². The zero-order valence-corrected chi connectivity index (χ0v) is 12.0. The number of benzene rings is 1. The third-order valence-corrected chi connectivity index (χ3v) is 5.01. The van der Waals surface area contributed by atoms with Crippen molar-refractivity contribution >= 4 is 21.7 Å². The first-order valence-corrected chi connectivity index (χ1v) is 8.02. The van der Waals surface area contributed by atoms with Crippen molar-refractivity contribution in [3.05, 3.63) is 30.3 Å². The molecule has 0 unspecified atom stereocenters. The molecule has 3 N–H and O–H groups in total. The van der Waals surface area contributed by atoms with Crippen molar-refractivity contribution in [2.75, 3.05) is 24.4 Å². The molecule has 0 aromatic heterocycles. The number of hydrogen-bond donors (Lipinski definition) is 2. The number of carbonyl (C=O) groups is 1. The minimum Gasteiger partial charge on any atom is -0.324 e. The number of hydrogen-bond acceptors (Lipinski definition) is 4. The van der Waals surface area contributed by atoms with Gasteiger partial charge in [-0.15, -0.1) is 0 Å². The van der Waals surface area contributed by atoms with Crippen LogP contribution < -0.4 is 10.5 Å². The zero-order valence-electron chi connectivity index (χ0n) is 11.2. The van der Waals surface area contributed by atoms with E-state index in [0.717, 1.165) is 0 Å². The maximum atomic E-state index is 12.2. The summed E-state index contributed by atoms with van der Waals surface area (Å²) >= 11 is 0. The third-order valence-electron chi connectivity index (χ3n) is 3.47. The van der Waals surface area contributed by atoms with Gasteiger partial charge >= 0.3 is 10.2 Å². The Bertz CT molecular complexity index is 551. The summed E-state index contributed by atoms with van der Waals surface area (Å²) in [6.45, 7) is 0.719. The maximum Gasteiger partial charge on any atom is 0.301 e. The summed E-state index contributed by atoms with van der Waals surface area (Å²) in [7, 11) is -3.55. The van der Waals surface area contributed by atoms with Crippen LogP contribution in [-0.2, 0) is 15.0 Å². The molecule has 1 aromatic rings. The van der Waals surface area contributed by atoms with Crippen LogP contribution in [0.3, 0.4) is 0 Å². The Morgan fingerprint density at radius 1 is 1.25 bits per heavy atom. The van der Waals surface area contributed by atoms with E-state index in [0.29, 0.717) is 31.6 Å². The number of anilines is 1. The van der Waals surface area contributed by atoms with Gasteiger partial charge in [-0.3, -0.25) is 9.52 Å². The molecule has 20 heavy (non-hydrogen) atoms. The molecule has 1 saturated heterocycles. The van der Waals surface area contributed by atoms with Crippen molar-refractivity contribution in [1.29, 1.82) is 0 Å². The number of nitrogens with zero attached hydrogens (tertiary/aromatic N) is 1. The van der Waals surface area contributed by atoms with Gasteiger partial charge in [-0.25, -0.2) is 0 Å². The predicted octanol–water partition coefficient (Wildman–Crippen LogP) is 0.583. The van der Waals surface area contributed by atoms with Crippen LogP contribution in [-0.4, -0.2) is 38.1 Å². The largest absolute Gasteiger partial charge is 0.324 e. The highest BCUT2D eigenvalue weighted by Crippen LogP contribution is 2.21. The Balaban J connectivity index is 1.97. The van der Waals surface area contributed by atoms with E-state index in [1.54, 1.807) is 24.3 Å². The molecule has 0 saturated carbocycles. The van der Waals surface area contributed by atoms with E-state index in [-0.39, 0.29) is 18.2 Å². The summed E-state index contributed by atoms with van der Waals surface area (Å²) in [6.07, 6.45) is 1.07. The molecule has 2 rings (SSSR count). The monoisotopic (exact) mass is 297 g/mol. The van der Waals surface area contributed by atoms with Crippen molar-refractivity contribution in [2.45, 2.75) is 12.8 Å². The molecule has 1 fully saturated rings.